The van der Waals surface area contributed by atoms with Gasteiger partial charge in [-0.2, -0.15) is 14.6 Å². The molecule has 1 aliphatic heterocycles. The number of fused-ring (bicyclic) bond motifs is 3. The molecule has 4 aromatic heterocycles. The highest BCUT2D eigenvalue weighted by molar-refractivity contribution is 5.90. The monoisotopic (exact) mass is 380 g/mol. The number of anilines is 1. The lowest BCUT2D eigenvalue weighted by Gasteiger charge is -2.32. The number of nitrogens with two attached hydrogens (primary N) is 1. The predicted octanol–water partition coefficient (Wildman–Crippen LogP) is 1.40. The largest absolute Gasteiger partial charge is 0.461 e. The molecule has 1 aliphatic rings. The molecule has 1 atom stereocenters. The number of hydrogen-bond acceptors (Lipinski definition) is 8. The number of hydrogen-bond donors (Lipinski definition) is 1. The van der Waals surface area contributed by atoms with Gasteiger partial charge in [-0.25, -0.2) is 9.67 Å². The minimum absolute atomic E-state index is 0.183. The van der Waals surface area contributed by atoms with Crippen LogP contribution >= 0.6 is 0 Å². The molecule has 0 spiro atoms. The van der Waals surface area contributed by atoms with Gasteiger partial charge in [0.05, 0.1) is 17.8 Å². The highest BCUT2D eigenvalue weighted by Crippen LogP contribution is 2.30. The highest BCUT2D eigenvalue weighted by Gasteiger charge is 2.29. The van der Waals surface area contributed by atoms with Crippen LogP contribution in [0, 0.1) is 5.92 Å². The molecule has 0 aliphatic carbocycles. The summed E-state index contributed by atoms with van der Waals surface area (Å²) in [6.45, 7) is 1.93. The van der Waals surface area contributed by atoms with Gasteiger partial charge in [0.2, 0.25) is 11.8 Å². The lowest BCUT2D eigenvalue weighted by Crippen LogP contribution is -2.35. The predicted molar refractivity (Wildman–Crippen MR) is 102 cm³/mol. The molecule has 5 heterocycles. The zero-order valence-electron chi connectivity index (χ0n) is 15.4. The molecular formula is C18H20N8O2. The summed E-state index contributed by atoms with van der Waals surface area (Å²) < 4.78 is 8.53. The number of piperidine rings is 1. The molecule has 1 fully saturated rings. The molecule has 0 amide bonds. The van der Waals surface area contributed by atoms with E-state index in [2.05, 4.69) is 32.1 Å². The average Bonchev–Trinajstić information content (AvgIpc) is 3.43. The third kappa shape index (κ3) is 2.56. The van der Waals surface area contributed by atoms with Crippen molar-refractivity contribution in [2.75, 3.05) is 25.9 Å². The standard InChI is InChI=1S/C18H20N8O2/c1-24-6-4-11(5-7-24)13(10-27)25-17-12(9-20-25)16-21-15(14-3-2-8-28-14)23-26(16)18(19)22-17/h2-3,8-11,13H,4-7H2,1H3,(H2,19,22). The third-order valence-corrected chi connectivity index (χ3v) is 5.46. The Hall–Kier alpha value is -3.27. The van der Waals surface area contributed by atoms with Gasteiger partial charge in [-0.05, 0) is 51.0 Å². The van der Waals surface area contributed by atoms with Crippen molar-refractivity contribution in [3.8, 4) is 11.6 Å². The Labute approximate surface area is 159 Å². The number of carbonyl (C=O) groups excluding carboxylic acids is 1. The normalized spacial score (nSPS) is 17.5. The summed E-state index contributed by atoms with van der Waals surface area (Å²) in [5, 5.41) is 9.56. The summed E-state index contributed by atoms with van der Waals surface area (Å²) >= 11 is 0. The van der Waals surface area contributed by atoms with Crippen LogP contribution in [-0.2, 0) is 4.79 Å². The van der Waals surface area contributed by atoms with Crippen molar-refractivity contribution in [2.45, 2.75) is 18.9 Å². The lowest BCUT2D eigenvalue weighted by molar-refractivity contribution is -0.112. The van der Waals surface area contributed by atoms with Crippen molar-refractivity contribution >= 4 is 28.9 Å². The van der Waals surface area contributed by atoms with E-state index in [1.807, 2.05) is 0 Å². The van der Waals surface area contributed by atoms with E-state index in [0.29, 0.717) is 28.3 Å². The van der Waals surface area contributed by atoms with Gasteiger partial charge in [0.15, 0.2) is 17.1 Å². The van der Waals surface area contributed by atoms with Gasteiger partial charge in [0, 0.05) is 0 Å². The Morgan fingerprint density at radius 1 is 1.29 bits per heavy atom. The lowest BCUT2D eigenvalue weighted by atomic mass is 9.90. The van der Waals surface area contributed by atoms with E-state index >= 15 is 0 Å². The summed E-state index contributed by atoms with van der Waals surface area (Å²) in [6.07, 6.45) is 6.07. The molecule has 10 heteroatoms. The molecule has 0 radical (unpaired) electrons. The van der Waals surface area contributed by atoms with Gasteiger partial charge in [0.1, 0.15) is 12.3 Å². The van der Waals surface area contributed by atoms with Gasteiger partial charge in [-0.3, -0.25) is 0 Å². The second-order valence-corrected chi connectivity index (χ2v) is 7.21. The molecule has 1 saturated heterocycles. The molecule has 0 aromatic carbocycles. The molecule has 0 bridgehead atoms. The third-order valence-electron chi connectivity index (χ3n) is 5.46. The minimum Gasteiger partial charge on any atom is -0.461 e. The van der Waals surface area contributed by atoms with Crippen molar-refractivity contribution in [1.82, 2.24) is 34.3 Å². The Balaban J connectivity index is 1.62. The van der Waals surface area contributed by atoms with Crippen LogP contribution in [0.15, 0.2) is 29.0 Å². The number of rotatable bonds is 4. The topological polar surface area (TPSA) is 120 Å². The number of furan rings is 1. The van der Waals surface area contributed by atoms with Crippen LogP contribution in [0.25, 0.3) is 28.3 Å². The van der Waals surface area contributed by atoms with Crippen LogP contribution in [0.1, 0.15) is 18.9 Å². The second kappa shape index (κ2) is 6.41. The summed E-state index contributed by atoms with van der Waals surface area (Å²) in [5.74, 6) is 1.36. The maximum atomic E-state index is 12.0. The van der Waals surface area contributed by atoms with Gasteiger partial charge in [0.25, 0.3) is 0 Å². The smallest absolute Gasteiger partial charge is 0.225 e. The fourth-order valence-electron chi connectivity index (χ4n) is 3.89. The van der Waals surface area contributed by atoms with E-state index in [0.717, 1.165) is 32.2 Å². The summed E-state index contributed by atoms with van der Waals surface area (Å²) in [7, 11) is 2.09. The van der Waals surface area contributed by atoms with E-state index < -0.39 is 0 Å². The zero-order chi connectivity index (χ0) is 19.3. The van der Waals surface area contributed by atoms with Crippen molar-refractivity contribution in [3.63, 3.8) is 0 Å². The fourth-order valence-corrected chi connectivity index (χ4v) is 3.89. The number of nitrogens with zero attached hydrogens (tertiary/aromatic N) is 7. The minimum atomic E-state index is -0.381. The van der Waals surface area contributed by atoms with Gasteiger partial charge in [-0.15, -0.1) is 5.10 Å². The van der Waals surface area contributed by atoms with E-state index in [1.54, 1.807) is 29.3 Å². The molecule has 144 valence electrons. The number of aromatic nitrogens is 6. The molecule has 5 rings (SSSR count). The first-order valence-corrected chi connectivity index (χ1v) is 9.23. The van der Waals surface area contributed by atoms with Crippen LogP contribution in [-0.4, -0.2) is 60.7 Å². The van der Waals surface area contributed by atoms with E-state index in [1.165, 1.54) is 4.52 Å². The average molecular weight is 380 g/mol. The van der Waals surface area contributed by atoms with Crippen molar-refractivity contribution in [2.24, 2.45) is 5.92 Å². The maximum Gasteiger partial charge on any atom is 0.225 e. The first-order valence-electron chi connectivity index (χ1n) is 9.23. The molecule has 0 saturated carbocycles. The first kappa shape index (κ1) is 16.9. The molecular weight excluding hydrogens is 360 g/mol. The summed E-state index contributed by atoms with van der Waals surface area (Å²) in [5.41, 5.74) is 7.21. The van der Waals surface area contributed by atoms with E-state index in [9.17, 15) is 4.79 Å². The second-order valence-electron chi connectivity index (χ2n) is 7.21. The molecule has 4 aromatic rings. The van der Waals surface area contributed by atoms with E-state index in [-0.39, 0.29) is 17.9 Å². The number of likely N-dealkylation sites (tertiary alicyclic amines) is 1. The molecule has 28 heavy (non-hydrogen) atoms. The maximum absolute atomic E-state index is 12.0. The van der Waals surface area contributed by atoms with Crippen molar-refractivity contribution in [3.05, 3.63) is 24.6 Å². The van der Waals surface area contributed by atoms with Gasteiger partial charge >= 0.3 is 0 Å². The van der Waals surface area contributed by atoms with Crippen molar-refractivity contribution in [1.29, 1.82) is 0 Å². The van der Waals surface area contributed by atoms with Gasteiger partial charge in [-0.1, -0.05) is 0 Å². The fraction of sp³-hybridized carbons (Fsp3) is 0.389. The SMILES string of the molecule is CN1CCC(C(C=O)n2ncc3c2nc(N)n2nc(-c4ccco4)nc32)CC1. The summed E-state index contributed by atoms with van der Waals surface area (Å²) in [4.78, 5) is 23.3. The highest BCUT2D eigenvalue weighted by atomic mass is 16.3. The Kier molecular flexibility index (Phi) is 3.86. The van der Waals surface area contributed by atoms with Crippen LogP contribution in [0.3, 0.4) is 0 Å². The Bertz CT molecular complexity index is 1140. The first-order chi connectivity index (χ1) is 13.7. The van der Waals surface area contributed by atoms with Crippen LogP contribution in [0.2, 0.25) is 0 Å². The number of aldehydes is 1. The van der Waals surface area contributed by atoms with Crippen LogP contribution in [0.5, 0.6) is 0 Å². The summed E-state index contributed by atoms with van der Waals surface area (Å²) in [6, 6.07) is 3.17. The molecule has 1 unspecified atom stereocenters. The van der Waals surface area contributed by atoms with Gasteiger partial charge < -0.3 is 19.8 Å². The number of nitrogen functional groups attached to an aromatic ring is 1. The quantitative estimate of drug-likeness (QED) is 0.528. The Morgan fingerprint density at radius 3 is 2.82 bits per heavy atom. The molecule has 2 N–H and O–H groups in total. The number of carbonyl (C=O) groups is 1. The van der Waals surface area contributed by atoms with Crippen molar-refractivity contribution < 1.29 is 9.21 Å². The molecule has 10 nitrogen and oxygen atoms in total. The Morgan fingerprint density at radius 2 is 2.11 bits per heavy atom. The van der Waals surface area contributed by atoms with Crippen LogP contribution in [0.4, 0.5) is 5.95 Å². The zero-order valence-corrected chi connectivity index (χ0v) is 15.4. The van der Waals surface area contributed by atoms with Crippen LogP contribution < -0.4 is 5.73 Å². The van der Waals surface area contributed by atoms with E-state index in [4.69, 9.17) is 10.2 Å².